The van der Waals surface area contributed by atoms with Gasteiger partial charge in [0.1, 0.15) is 6.10 Å². The van der Waals surface area contributed by atoms with Crippen LogP contribution >= 0.6 is 0 Å². The summed E-state index contributed by atoms with van der Waals surface area (Å²) >= 11 is 0. The smallest absolute Gasteiger partial charge is 0.429 e. The van der Waals surface area contributed by atoms with Crippen LogP contribution in [0.1, 0.15) is 58.8 Å². The molecule has 0 radical (unpaired) electrons. The highest BCUT2D eigenvalue weighted by molar-refractivity contribution is 5.85. The van der Waals surface area contributed by atoms with E-state index in [1.807, 2.05) is 6.92 Å². The summed E-state index contributed by atoms with van der Waals surface area (Å²) in [5, 5.41) is 0.385. The highest BCUT2D eigenvalue weighted by atomic mass is 16.8. The molecule has 0 aromatic rings. The molecule has 0 aliphatic rings. The number of allylic oxidation sites excluding steroid dienone is 1. The van der Waals surface area contributed by atoms with E-state index in [0.29, 0.717) is 30.7 Å². The molecule has 1 atom stereocenters. The minimum absolute atomic E-state index is 0.127. The molecule has 0 spiro atoms. The van der Waals surface area contributed by atoms with Crippen molar-refractivity contribution in [1.82, 2.24) is 5.06 Å². The third kappa shape index (κ3) is 8.83. The van der Waals surface area contributed by atoms with Crippen molar-refractivity contribution in [2.75, 3.05) is 0 Å². The highest BCUT2D eigenvalue weighted by Gasteiger charge is 2.21. The Labute approximate surface area is 126 Å². The Balaban J connectivity index is 4.40. The van der Waals surface area contributed by atoms with Crippen LogP contribution < -0.4 is 0 Å². The van der Waals surface area contributed by atoms with Crippen LogP contribution in [0, 0.1) is 0 Å². The van der Waals surface area contributed by atoms with Gasteiger partial charge in [0.05, 0.1) is 0 Å². The summed E-state index contributed by atoms with van der Waals surface area (Å²) in [6.45, 7) is 7.46. The molecule has 0 bridgehead atoms. The van der Waals surface area contributed by atoms with Crippen LogP contribution in [-0.2, 0) is 19.2 Å². The second-order valence-corrected chi connectivity index (χ2v) is 4.66. The van der Waals surface area contributed by atoms with E-state index in [2.05, 4.69) is 11.4 Å². The molecule has 0 aliphatic heterocycles. The van der Waals surface area contributed by atoms with E-state index >= 15 is 0 Å². The maximum atomic E-state index is 11.6. The number of hydrogen-bond donors (Lipinski definition) is 0. The molecule has 6 heteroatoms. The van der Waals surface area contributed by atoms with E-state index in [1.165, 1.54) is 0 Å². The lowest BCUT2D eigenvalue weighted by Gasteiger charge is -2.19. The number of ether oxygens (including phenoxy) is 1. The molecule has 0 aromatic carbocycles. The third-order valence-corrected chi connectivity index (χ3v) is 2.81. The van der Waals surface area contributed by atoms with E-state index in [0.717, 1.165) is 12.8 Å². The average Bonchev–Trinajstić information content (AvgIpc) is 2.47. The van der Waals surface area contributed by atoms with Crippen molar-refractivity contribution in [3.63, 3.8) is 0 Å². The summed E-state index contributed by atoms with van der Waals surface area (Å²) < 4.78 is 5.15. The first-order chi connectivity index (χ1) is 10.1. The first-order valence-corrected chi connectivity index (χ1v) is 7.35. The van der Waals surface area contributed by atoms with Gasteiger partial charge in [-0.2, -0.15) is 0 Å². The zero-order valence-electron chi connectivity index (χ0n) is 12.9. The van der Waals surface area contributed by atoms with Crippen molar-refractivity contribution in [2.45, 2.75) is 64.9 Å². The number of unbranched alkanes of at least 4 members (excludes halogenated alkanes) is 1. The summed E-state index contributed by atoms with van der Waals surface area (Å²) in [7, 11) is 0. The summed E-state index contributed by atoms with van der Waals surface area (Å²) in [5.41, 5.74) is 0. The van der Waals surface area contributed by atoms with Gasteiger partial charge in [-0.3, -0.25) is 14.4 Å². The molecule has 0 N–H and O–H groups in total. The number of amides is 2. The zero-order chi connectivity index (χ0) is 16.1. The molecule has 0 saturated carbocycles. The first kappa shape index (κ1) is 19.1. The number of hydrogen-bond acceptors (Lipinski definition) is 5. The second kappa shape index (κ2) is 11.9. The van der Waals surface area contributed by atoms with Crippen LogP contribution in [0.25, 0.3) is 0 Å². The van der Waals surface area contributed by atoms with E-state index in [1.54, 1.807) is 13.0 Å². The molecule has 0 aliphatic carbocycles. The number of carbonyl (C=O) groups is 3. The van der Waals surface area contributed by atoms with E-state index in [4.69, 9.17) is 4.74 Å². The van der Waals surface area contributed by atoms with Gasteiger partial charge in [-0.25, -0.2) is 4.79 Å². The van der Waals surface area contributed by atoms with Gasteiger partial charge < -0.3 is 4.74 Å². The van der Waals surface area contributed by atoms with Gasteiger partial charge in [-0.15, -0.1) is 11.6 Å². The van der Waals surface area contributed by atoms with Crippen molar-refractivity contribution in [3.8, 4) is 0 Å². The third-order valence-electron chi connectivity index (χ3n) is 2.81. The minimum Gasteiger partial charge on any atom is -0.429 e. The first-order valence-electron chi connectivity index (χ1n) is 7.35. The van der Waals surface area contributed by atoms with Gasteiger partial charge in [-0.05, 0) is 25.7 Å². The minimum atomic E-state index is -1.03. The quantitative estimate of drug-likeness (QED) is 0.268. The predicted molar refractivity (Wildman–Crippen MR) is 78.1 cm³/mol. The zero-order valence-corrected chi connectivity index (χ0v) is 12.9. The van der Waals surface area contributed by atoms with E-state index in [-0.39, 0.29) is 18.9 Å². The Morgan fingerprint density at radius 2 is 1.95 bits per heavy atom. The molecule has 0 heterocycles. The van der Waals surface area contributed by atoms with Crippen molar-refractivity contribution < 1.29 is 24.0 Å². The second-order valence-electron chi connectivity index (χ2n) is 4.66. The number of rotatable bonds is 10. The Morgan fingerprint density at radius 1 is 1.24 bits per heavy atom. The summed E-state index contributed by atoms with van der Waals surface area (Å²) in [5.74, 6) is -0.569. The van der Waals surface area contributed by atoms with Crippen LogP contribution in [0.15, 0.2) is 12.7 Å². The largest absolute Gasteiger partial charge is 0.534 e. The molecule has 6 nitrogen and oxygen atoms in total. The van der Waals surface area contributed by atoms with Crippen LogP contribution in [0.2, 0.25) is 0 Å². The molecule has 0 aromatic heterocycles. The van der Waals surface area contributed by atoms with Crippen molar-refractivity contribution in [3.05, 3.63) is 12.7 Å². The van der Waals surface area contributed by atoms with Crippen molar-refractivity contribution in [2.24, 2.45) is 0 Å². The fourth-order valence-corrected chi connectivity index (χ4v) is 1.69. The monoisotopic (exact) mass is 299 g/mol. The summed E-state index contributed by atoms with van der Waals surface area (Å²) in [6, 6.07) is 0. The lowest BCUT2D eigenvalue weighted by molar-refractivity contribution is -0.177. The SMILES string of the molecule is C=CCCC(CCCC)OC(=O)ON(C=O)C(=O)CCC. The summed E-state index contributed by atoms with van der Waals surface area (Å²) in [4.78, 5) is 38.5. The molecule has 0 rings (SSSR count). The number of hydroxylamine groups is 2. The molecule has 2 amide bonds. The fourth-order valence-electron chi connectivity index (χ4n) is 1.69. The molecule has 21 heavy (non-hydrogen) atoms. The lowest BCUT2D eigenvalue weighted by atomic mass is 10.1. The van der Waals surface area contributed by atoms with Crippen LogP contribution in [0.5, 0.6) is 0 Å². The fraction of sp³-hybridized carbons (Fsp3) is 0.667. The Kier molecular flexibility index (Phi) is 10.9. The van der Waals surface area contributed by atoms with Crippen LogP contribution in [0.4, 0.5) is 4.79 Å². The average molecular weight is 299 g/mol. The highest BCUT2D eigenvalue weighted by Crippen LogP contribution is 2.13. The van der Waals surface area contributed by atoms with Gasteiger partial charge in [0.25, 0.3) is 12.3 Å². The number of carbonyl (C=O) groups excluding carboxylic acids is 3. The molecule has 0 saturated heterocycles. The van der Waals surface area contributed by atoms with E-state index in [9.17, 15) is 14.4 Å². The Hall–Kier alpha value is -1.85. The van der Waals surface area contributed by atoms with E-state index < -0.39 is 12.1 Å². The molecule has 1 unspecified atom stereocenters. The molecule has 120 valence electrons. The number of imide groups is 1. The maximum Gasteiger partial charge on any atom is 0.534 e. The van der Waals surface area contributed by atoms with Crippen LogP contribution in [-0.4, -0.2) is 29.6 Å². The standard InChI is InChI=1S/C15H25NO5/c1-4-7-10-13(11-8-5-2)20-15(19)21-16(12-17)14(18)9-6-3/h4,12-13H,1,5-11H2,2-3H3. The Morgan fingerprint density at radius 3 is 2.48 bits per heavy atom. The maximum absolute atomic E-state index is 11.6. The normalized spacial score (nSPS) is 11.3. The summed E-state index contributed by atoms with van der Waals surface area (Å²) in [6.07, 6.45) is 5.24. The topological polar surface area (TPSA) is 72.9 Å². The number of nitrogens with zero attached hydrogens (tertiary/aromatic N) is 1. The predicted octanol–water partition coefficient (Wildman–Crippen LogP) is 3.36. The van der Waals surface area contributed by atoms with Gasteiger partial charge in [-0.1, -0.05) is 32.8 Å². The van der Waals surface area contributed by atoms with Gasteiger partial charge in [0, 0.05) is 6.42 Å². The van der Waals surface area contributed by atoms with Gasteiger partial charge in [0.15, 0.2) is 0 Å². The van der Waals surface area contributed by atoms with Crippen molar-refractivity contribution in [1.29, 1.82) is 0 Å². The van der Waals surface area contributed by atoms with Gasteiger partial charge in [0.2, 0.25) is 0 Å². The Bertz CT molecular complexity index is 343. The van der Waals surface area contributed by atoms with Crippen LogP contribution in [0.3, 0.4) is 0 Å². The molecular formula is C15H25NO5. The molecular weight excluding hydrogens is 274 g/mol. The molecule has 0 fully saturated rings. The van der Waals surface area contributed by atoms with Crippen molar-refractivity contribution >= 4 is 18.5 Å². The van der Waals surface area contributed by atoms with Gasteiger partial charge >= 0.3 is 6.16 Å². The lowest BCUT2D eigenvalue weighted by Crippen LogP contribution is -2.33.